The topological polar surface area (TPSA) is 93.4 Å². The number of unbranched alkanes of at least 4 members (excludes halogenated alkanes) is 1. The predicted molar refractivity (Wildman–Crippen MR) is 634 cm³/mol. The van der Waals surface area contributed by atoms with Crippen LogP contribution in [0.2, 0.25) is 0 Å². The second kappa shape index (κ2) is 68.4. The molecule has 1 fully saturated rings. The van der Waals surface area contributed by atoms with E-state index in [9.17, 15) is 9.59 Å². The average Bonchev–Trinajstić information content (AvgIpc) is 1.64. The first-order chi connectivity index (χ1) is 67.4. The van der Waals surface area contributed by atoms with Crippen molar-refractivity contribution in [3.63, 3.8) is 0 Å². The van der Waals surface area contributed by atoms with Crippen molar-refractivity contribution in [2.24, 2.45) is 23.7 Å². The van der Waals surface area contributed by atoms with Gasteiger partial charge in [-0.25, -0.2) is 4.79 Å². The Kier molecular flexibility index (Phi) is 60.0. The van der Waals surface area contributed by atoms with E-state index in [4.69, 9.17) is 28.1 Å². The molecule has 0 bridgehead atoms. The quantitative estimate of drug-likeness (QED) is 0.0336. The first-order valence-electron chi connectivity index (χ1n) is 51.9. The first kappa shape index (κ1) is 128. The number of rotatable bonds is 24. The minimum Gasteiger partial charge on any atom is -0.464 e. The highest BCUT2D eigenvalue weighted by molar-refractivity contribution is 7.09. The van der Waals surface area contributed by atoms with Gasteiger partial charge in [0.05, 0.1) is 18.4 Å². The van der Waals surface area contributed by atoms with Crippen molar-refractivity contribution in [2.75, 3.05) is 13.4 Å². The molecule has 12 aromatic carbocycles. The maximum atomic E-state index is 12.3. The van der Waals surface area contributed by atoms with Crippen molar-refractivity contribution in [3.8, 4) is 45.8 Å². The van der Waals surface area contributed by atoms with Crippen molar-refractivity contribution in [2.45, 2.75) is 327 Å². The van der Waals surface area contributed by atoms with E-state index in [0.717, 1.165) is 111 Å². The van der Waals surface area contributed by atoms with Crippen LogP contribution in [-0.2, 0) is 30.4 Å². The van der Waals surface area contributed by atoms with Crippen molar-refractivity contribution >= 4 is 23.1 Å². The lowest BCUT2D eigenvalue weighted by Crippen LogP contribution is -2.14. The van der Waals surface area contributed by atoms with Crippen molar-refractivity contribution in [1.29, 1.82) is 0 Å². The highest BCUT2D eigenvalue weighted by Crippen LogP contribution is 2.51. The molecule has 0 spiro atoms. The number of benzene rings is 12. The van der Waals surface area contributed by atoms with Gasteiger partial charge in [-0.3, -0.25) is 4.79 Å². The van der Waals surface area contributed by atoms with Crippen LogP contribution in [0.3, 0.4) is 0 Å². The van der Waals surface area contributed by atoms with Gasteiger partial charge in [-0.05, 0) is 318 Å². The Balaban J connectivity index is 0.000000416. The van der Waals surface area contributed by atoms with Gasteiger partial charge in [-0.2, -0.15) is 0 Å². The largest absolute Gasteiger partial charge is 0.464 e. The SMILES string of the molecule is C.C.C.C.C.C.CC(C)C1CCCc2ccccc21.CC(C)CCc1cccs1.CC(C)[C@@H]1C[C@H]1c1ccccc1.CC(C)c1ccc(-c2ccco2)cc1.CC(C)c1ccc(Oc2ccccc2)cc1.CC(C)c1ccc2c(c1)OCO2.CC(C)c1cccc2c1CCCC2.CC(C)c1ccccc1Oc1ccccc1.CCCCOC(=O)c1ccc(C(C)C)cc1.Cc1cccc(C(=O)c2ccc(C(C)C)cc2)c1. The lowest BCUT2D eigenvalue weighted by atomic mass is 9.77. The van der Waals surface area contributed by atoms with Crippen LogP contribution < -0.4 is 18.9 Å². The van der Waals surface area contributed by atoms with Crippen LogP contribution in [0, 0.1) is 30.6 Å². The molecule has 788 valence electrons. The number of aryl methyl sites for hydroxylation is 4. The Morgan fingerprint density at radius 2 is 0.897 bits per heavy atom. The molecule has 4 aliphatic rings. The fourth-order valence-corrected chi connectivity index (χ4v) is 17.8. The summed E-state index contributed by atoms with van der Waals surface area (Å²) in [7, 11) is 0. The molecular formula is C137H186O8S. The number of carbonyl (C=O) groups excluding carboxylic acids is 2. The van der Waals surface area contributed by atoms with Crippen LogP contribution in [0.4, 0.5) is 0 Å². The molecule has 2 aromatic heterocycles. The summed E-state index contributed by atoms with van der Waals surface area (Å²) in [6.07, 6.45) is 17.1. The molecule has 14 aromatic rings. The fraction of sp³-hybridized carbons (Fsp3) is 0.401. The molecule has 18 rings (SSSR count). The summed E-state index contributed by atoms with van der Waals surface area (Å²) in [5, 5.41) is 2.15. The van der Waals surface area contributed by atoms with E-state index < -0.39 is 0 Å². The van der Waals surface area contributed by atoms with Crippen LogP contribution in [0.15, 0.2) is 338 Å². The minimum atomic E-state index is -0.219. The molecule has 146 heavy (non-hydrogen) atoms. The van der Waals surface area contributed by atoms with Gasteiger partial charge in [0.1, 0.15) is 28.8 Å². The summed E-state index contributed by atoms with van der Waals surface area (Å²) in [4.78, 5) is 25.4. The Labute approximate surface area is 891 Å². The summed E-state index contributed by atoms with van der Waals surface area (Å²) >= 11 is 1.86. The molecule has 3 aliphatic carbocycles. The van der Waals surface area contributed by atoms with Crippen molar-refractivity contribution in [1.82, 2.24) is 0 Å². The zero-order chi connectivity index (χ0) is 101. The fourth-order valence-electron chi connectivity index (χ4n) is 17.1. The molecule has 0 N–H and O–H groups in total. The Bertz CT molecular complexity index is 5790. The van der Waals surface area contributed by atoms with Gasteiger partial charge < -0.3 is 28.1 Å². The van der Waals surface area contributed by atoms with E-state index in [2.05, 4.69) is 284 Å². The Hall–Kier alpha value is -12.0. The van der Waals surface area contributed by atoms with Crippen molar-refractivity contribution < 1.29 is 37.7 Å². The predicted octanol–water partition coefficient (Wildman–Crippen LogP) is 42.0. The summed E-state index contributed by atoms with van der Waals surface area (Å²) in [6, 6.07) is 109. The van der Waals surface area contributed by atoms with Gasteiger partial charge in [0.2, 0.25) is 6.79 Å². The van der Waals surface area contributed by atoms with Gasteiger partial charge in [0.25, 0.3) is 0 Å². The van der Waals surface area contributed by atoms with Crippen LogP contribution >= 0.6 is 11.3 Å². The maximum absolute atomic E-state index is 12.3. The molecule has 8 nitrogen and oxygen atoms in total. The molecule has 0 radical (unpaired) electrons. The number of para-hydroxylation sites is 3. The van der Waals surface area contributed by atoms with Crippen LogP contribution in [-0.4, -0.2) is 25.2 Å². The second-order valence-electron chi connectivity index (χ2n) is 40.5. The molecular weight excluding hydrogens is 1810 g/mol. The summed E-state index contributed by atoms with van der Waals surface area (Å²) < 4.78 is 32.5. The maximum Gasteiger partial charge on any atom is 0.338 e. The zero-order valence-corrected chi connectivity index (χ0v) is 89.2. The number of carbonyl (C=O) groups is 2. The number of esters is 1. The number of ketones is 1. The van der Waals surface area contributed by atoms with Gasteiger partial charge in [0.15, 0.2) is 17.3 Å². The summed E-state index contributed by atoms with van der Waals surface area (Å²) in [6.45, 7) is 49.4. The highest BCUT2D eigenvalue weighted by Gasteiger charge is 2.40. The smallest absolute Gasteiger partial charge is 0.338 e. The molecule has 1 aliphatic heterocycles. The highest BCUT2D eigenvalue weighted by atomic mass is 32.1. The molecule has 1 saturated carbocycles. The second-order valence-corrected chi connectivity index (χ2v) is 41.5. The third kappa shape index (κ3) is 43.6. The van der Waals surface area contributed by atoms with E-state index in [-0.39, 0.29) is 56.3 Å². The number of fused-ring (bicyclic) bond motifs is 3. The van der Waals surface area contributed by atoms with Gasteiger partial charge in [-0.1, -0.05) is 432 Å². The Morgan fingerprint density at radius 3 is 1.42 bits per heavy atom. The van der Waals surface area contributed by atoms with Crippen LogP contribution in [0.1, 0.15) is 398 Å². The first-order valence-corrected chi connectivity index (χ1v) is 52.7. The molecule has 1 unspecified atom stereocenters. The minimum absolute atomic E-state index is 0. The molecule has 3 heterocycles. The lowest BCUT2D eigenvalue weighted by Gasteiger charge is -2.28. The summed E-state index contributed by atoms with van der Waals surface area (Å²) in [5.41, 5.74) is 21.7. The number of thiophene rings is 1. The van der Waals surface area contributed by atoms with E-state index in [1.165, 1.54) is 108 Å². The van der Waals surface area contributed by atoms with Crippen LogP contribution in [0.25, 0.3) is 11.3 Å². The standard InChI is InChI=1S/C17H18O.2C15H16O.C14H20O2.C13H14O.2C13H18.C12H16.C10H12O2.C9H14S.6CH4/c1-12(2)14-7-9-15(10-8-14)17(18)16-6-4-5-13(3)11-16;1-12(2)14-10-6-7-11-15(14)16-13-8-4-3-5-9-13;1-12(2)13-8-10-15(11-9-13)16-14-6-4-3-5-7-14;1-4-5-10-16-14(15)13-8-6-12(7-9-13)11(2)3;1-10(2)11-5-7-12(8-6-11)13-4-3-9-14-13;2*1-10(2)12-9-5-7-11-6-3-4-8-13(11)12;1-9(2)11-8-12(11)10-6-4-3-5-7-10;1-7(2)8-3-4-9-10(5-8)12-6-11-9;1-8(2)5-6-9-4-3-7-10-9;;;;;;/h4-12H,1-3H3;2*3-12H,1-2H3;6-9,11H,4-5,10H2,1-3H3;3-10H,1-2H3;5,7,9-10H,3-4,6,8H2,1-2H3;3-4,6,8,10,12H,5,7,9H2,1-2H3;3-7,9,11-12H,8H2,1-2H3;3-5,7H,6H2,1-2H3;3-4,7-8H,5-6H2,1-2H3;6*1H4/t;;;;;;;11-,12-;;;;;;;;/m.......0......../s1. The molecule has 0 amide bonds. The average molecular weight is 1990 g/mol. The normalized spacial score (nSPS) is 13.3. The lowest BCUT2D eigenvalue weighted by molar-refractivity contribution is 0.0499. The summed E-state index contributed by atoms with van der Waals surface area (Å²) in [5.74, 6) is 15.1. The Morgan fingerprint density at radius 1 is 0.404 bits per heavy atom. The van der Waals surface area contributed by atoms with Gasteiger partial charge in [0, 0.05) is 21.6 Å². The molecule has 9 heteroatoms. The van der Waals surface area contributed by atoms with Crippen molar-refractivity contribution in [3.05, 3.63) is 427 Å². The molecule has 0 saturated heterocycles. The monoisotopic (exact) mass is 1990 g/mol. The molecule has 3 atom stereocenters. The number of hydrogen-bond acceptors (Lipinski definition) is 9. The number of ether oxygens (including phenoxy) is 5. The van der Waals surface area contributed by atoms with Gasteiger partial charge >= 0.3 is 5.97 Å². The number of hydrogen-bond donors (Lipinski definition) is 0. The number of furan rings is 1. The third-order valence-corrected chi connectivity index (χ3v) is 26.8. The van der Waals surface area contributed by atoms with E-state index in [1.807, 2.05) is 206 Å². The third-order valence-electron chi connectivity index (χ3n) is 25.9. The van der Waals surface area contributed by atoms with E-state index >= 15 is 0 Å². The van der Waals surface area contributed by atoms with E-state index in [1.54, 1.807) is 34.1 Å². The van der Waals surface area contributed by atoms with Crippen LogP contribution in [0.5, 0.6) is 34.5 Å². The van der Waals surface area contributed by atoms with E-state index in [0.29, 0.717) is 60.4 Å². The van der Waals surface area contributed by atoms with Gasteiger partial charge in [-0.15, -0.1) is 11.3 Å². The zero-order valence-electron chi connectivity index (χ0n) is 88.3.